The van der Waals surface area contributed by atoms with Gasteiger partial charge in [-0.2, -0.15) is 0 Å². The number of nitrogens with one attached hydrogen (secondary N) is 1. The van der Waals surface area contributed by atoms with Crippen molar-refractivity contribution < 1.29 is 22.7 Å². The van der Waals surface area contributed by atoms with Crippen molar-refractivity contribution in [2.24, 2.45) is 5.92 Å². The Morgan fingerprint density at radius 2 is 1.82 bits per heavy atom. The number of sulfone groups is 1. The number of pyridine rings is 1. The number of fused-ring (bicyclic) bond motifs is 1. The van der Waals surface area contributed by atoms with Crippen LogP contribution in [0.5, 0.6) is 0 Å². The fraction of sp³-hybridized carbons (Fsp3) is 0.560. The van der Waals surface area contributed by atoms with Gasteiger partial charge in [0.1, 0.15) is 11.6 Å². The summed E-state index contributed by atoms with van der Waals surface area (Å²) in [6, 6.07) is 8.58. The number of nitrogens with zero attached hydrogens (tertiary/aromatic N) is 1. The molecule has 33 heavy (non-hydrogen) atoms. The van der Waals surface area contributed by atoms with Crippen LogP contribution in [-0.4, -0.2) is 48.4 Å². The molecule has 0 saturated heterocycles. The second-order valence-electron chi connectivity index (χ2n) is 9.33. The maximum absolute atomic E-state index is 13.3. The molecule has 7 nitrogen and oxygen atoms in total. The molecule has 1 unspecified atom stereocenters. The van der Waals surface area contributed by atoms with Crippen molar-refractivity contribution in [2.45, 2.75) is 71.9 Å². The van der Waals surface area contributed by atoms with Crippen molar-refractivity contribution >= 4 is 32.6 Å². The summed E-state index contributed by atoms with van der Waals surface area (Å²) in [6.07, 6.45) is 3.89. The molecule has 182 valence electrons. The normalized spacial score (nSPS) is 14.0. The molecule has 8 heteroatoms. The molecule has 0 aliphatic carbocycles. The van der Waals surface area contributed by atoms with Crippen LogP contribution in [0.2, 0.25) is 0 Å². The van der Waals surface area contributed by atoms with Crippen molar-refractivity contribution in [3.63, 3.8) is 0 Å². The van der Waals surface area contributed by atoms with Crippen molar-refractivity contribution in [1.29, 1.82) is 0 Å². The first-order valence-corrected chi connectivity index (χ1v) is 13.3. The lowest BCUT2D eigenvalue weighted by atomic mass is 9.97. The number of carbonyl (C=O) groups is 2. The number of hydrogen-bond donors (Lipinski definition) is 1. The molecule has 0 spiro atoms. The number of aromatic nitrogens is 1. The first-order valence-electron chi connectivity index (χ1n) is 11.5. The molecule has 0 bridgehead atoms. The SMILES string of the molecule is CCCC[C@H](NC(=O)C(Cc1cccc2cccnc12)CS(=O)(=O)CC)C(=O)OC(C)(C)C. The molecule has 0 aliphatic heterocycles. The summed E-state index contributed by atoms with van der Waals surface area (Å²) in [5.74, 6) is -2.18. The van der Waals surface area contributed by atoms with E-state index in [4.69, 9.17) is 4.74 Å². The van der Waals surface area contributed by atoms with Gasteiger partial charge < -0.3 is 10.1 Å². The van der Waals surface area contributed by atoms with Crippen LogP contribution in [0.3, 0.4) is 0 Å². The molecule has 1 aromatic heterocycles. The zero-order valence-corrected chi connectivity index (χ0v) is 21.1. The number of para-hydroxylation sites is 1. The van der Waals surface area contributed by atoms with E-state index in [1.54, 1.807) is 33.9 Å². The van der Waals surface area contributed by atoms with Gasteiger partial charge >= 0.3 is 5.97 Å². The summed E-state index contributed by atoms with van der Waals surface area (Å²) in [5.41, 5.74) is 0.842. The van der Waals surface area contributed by atoms with E-state index in [0.717, 1.165) is 29.3 Å². The van der Waals surface area contributed by atoms with Crippen LogP contribution in [0.1, 0.15) is 59.4 Å². The van der Waals surface area contributed by atoms with Gasteiger partial charge in [-0.1, -0.05) is 51.0 Å². The Bertz CT molecular complexity index is 1050. The average molecular weight is 477 g/mol. The van der Waals surface area contributed by atoms with Crippen molar-refractivity contribution in [2.75, 3.05) is 11.5 Å². The Labute approximate surface area is 197 Å². The maximum Gasteiger partial charge on any atom is 0.329 e. The smallest absolute Gasteiger partial charge is 0.329 e. The van der Waals surface area contributed by atoms with Crippen LogP contribution in [0.25, 0.3) is 10.9 Å². The fourth-order valence-electron chi connectivity index (χ4n) is 3.57. The van der Waals surface area contributed by atoms with Crippen LogP contribution < -0.4 is 5.32 Å². The van der Waals surface area contributed by atoms with E-state index in [1.807, 2.05) is 37.3 Å². The van der Waals surface area contributed by atoms with Gasteiger partial charge in [0.25, 0.3) is 0 Å². The number of carbonyl (C=O) groups excluding carboxylic acids is 2. The van der Waals surface area contributed by atoms with Crippen molar-refractivity contribution in [3.8, 4) is 0 Å². The maximum atomic E-state index is 13.3. The van der Waals surface area contributed by atoms with Crippen molar-refractivity contribution in [1.82, 2.24) is 10.3 Å². The summed E-state index contributed by atoms with van der Waals surface area (Å²) < 4.78 is 30.4. The van der Waals surface area contributed by atoms with Gasteiger partial charge in [0.15, 0.2) is 9.84 Å². The van der Waals surface area contributed by atoms with Gasteiger partial charge in [0, 0.05) is 17.3 Å². The minimum Gasteiger partial charge on any atom is -0.458 e. The Morgan fingerprint density at radius 3 is 2.45 bits per heavy atom. The van der Waals surface area contributed by atoms with E-state index in [0.29, 0.717) is 6.42 Å². The fourth-order valence-corrected chi connectivity index (χ4v) is 4.69. The zero-order valence-electron chi connectivity index (χ0n) is 20.3. The lowest BCUT2D eigenvalue weighted by Crippen LogP contribution is -2.47. The largest absolute Gasteiger partial charge is 0.458 e. The van der Waals surface area contributed by atoms with Crippen LogP contribution in [0.15, 0.2) is 36.5 Å². The number of esters is 1. The summed E-state index contributed by atoms with van der Waals surface area (Å²) in [7, 11) is -3.44. The van der Waals surface area contributed by atoms with Gasteiger partial charge in [0.05, 0.1) is 17.2 Å². The summed E-state index contributed by atoms with van der Waals surface area (Å²) in [4.78, 5) is 30.5. The lowest BCUT2D eigenvalue weighted by Gasteiger charge is -2.26. The third-order valence-corrected chi connectivity index (χ3v) is 7.09. The van der Waals surface area contributed by atoms with Gasteiger partial charge in [-0.05, 0) is 45.2 Å². The number of amides is 1. The first-order chi connectivity index (χ1) is 15.5. The minimum atomic E-state index is -3.44. The quantitative estimate of drug-likeness (QED) is 0.494. The first kappa shape index (κ1) is 26.8. The number of ether oxygens (including phenoxy) is 1. The highest BCUT2D eigenvalue weighted by molar-refractivity contribution is 7.91. The third-order valence-electron chi connectivity index (χ3n) is 5.30. The molecule has 0 fully saturated rings. The summed E-state index contributed by atoms with van der Waals surface area (Å²) in [5, 5.41) is 3.71. The van der Waals surface area contributed by atoms with E-state index in [-0.39, 0.29) is 17.9 Å². The highest BCUT2D eigenvalue weighted by Crippen LogP contribution is 2.21. The second-order valence-corrected chi connectivity index (χ2v) is 11.7. The topological polar surface area (TPSA) is 102 Å². The standard InChI is InChI=1S/C25H36N2O5S/c1-6-8-14-21(24(29)32-25(3,4)5)27-23(28)20(17-33(30,31)7-2)16-19-12-9-11-18-13-10-15-26-22(18)19/h9-13,15,20-21H,6-8,14,16-17H2,1-5H3,(H,27,28)/t20?,21-/m0/s1. The lowest BCUT2D eigenvalue weighted by molar-refractivity contribution is -0.159. The highest BCUT2D eigenvalue weighted by atomic mass is 32.2. The van der Waals surface area contributed by atoms with E-state index >= 15 is 0 Å². The zero-order chi connectivity index (χ0) is 24.6. The van der Waals surface area contributed by atoms with E-state index in [9.17, 15) is 18.0 Å². The molecule has 0 aliphatic rings. The Morgan fingerprint density at radius 1 is 1.12 bits per heavy atom. The number of rotatable bonds is 11. The molecule has 0 radical (unpaired) electrons. The second kappa shape index (κ2) is 11.6. The monoisotopic (exact) mass is 476 g/mol. The molecule has 1 amide bonds. The molecule has 1 heterocycles. The molecule has 1 N–H and O–H groups in total. The third kappa shape index (κ3) is 8.42. The van der Waals surface area contributed by atoms with Gasteiger partial charge in [-0.25, -0.2) is 13.2 Å². The number of unbranched alkanes of at least 4 members (excludes halogenated alkanes) is 1. The predicted octanol–water partition coefficient (Wildman–Crippen LogP) is 3.84. The number of benzene rings is 1. The van der Waals surface area contributed by atoms with Crippen LogP contribution >= 0.6 is 0 Å². The highest BCUT2D eigenvalue weighted by Gasteiger charge is 2.31. The van der Waals surface area contributed by atoms with Gasteiger partial charge in [-0.15, -0.1) is 0 Å². The molecule has 2 atom stereocenters. The Kier molecular flexibility index (Phi) is 9.40. The molecular weight excluding hydrogens is 440 g/mol. The molecule has 2 rings (SSSR count). The average Bonchev–Trinajstić information content (AvgIpc) is 2.74. The van der Waals surface area contributed by atoms with E-state index in [2.05, 4.69) is 10.3 Å². The summed E-state index contributed by atoms with van der Waals surface area (Å²) >= 11 is 0. The van der Waals surface area contributed by atoms with Crippen LogP contribution in [0, 0.1) is 5.92 Å². The van der Waals surface area contributed by atoms with Crippen LogP contribution in [-0.2, 0) is 30.6 Å². The van der Waals surface area contributed by atoms with Crippen molar-refractivity contribution in [3.05, 3.63) is 42.1 Å². The summed E-state index contributed by atoms with van der Waals surface area (Å²) in [6.45, 7) is 8.88. The van der Waals surface area contributed by atoms with Gasteiger partial charge in [0.2, 0.25) is 5.91 Å². The molecular formula is C25H36N2O5S. The number of hydrogen-bond acceptors (Lipinski definition) is 6. The molecule has 2 aromatic rings. The molecule has 1 aromatic carbocycles. The van der Waals surface area contributed by atoms with Gasteiger partial charge in [-0.3, -0.25) is 9.78 Å². The van der Waals surface area contributed by atoms with E-state index in [1.165, 1.54) is 0 Å². The minimum absolute atomic E-state index is 0.0596. The predicted molar refractivity (Wildman–Crippen MR) is 131 cm³/mol. The van der Waals surface area contributed by atoms with E-state index < -0.39 is 39.3 Å². The molecule has 0 saturated carbocycles. The van der Waals surface area contributed by atoms with Crippen LogP contribution in [0.4, 0.5) is 0 Å². The Balaban J connectivity index is 2.32. The Hall–Kier alpha value is -2.48.